The lowest BCUT2D eigenvalue weighted by atomic mass is 10.9. The SMILES string of the molecule is O=C(CSCSCC[S+]([O-])CSCSCSC(=O)CSCSCC(=O)SCCSCO)SCCSCO. The van der Waals surface area contributed by atoms with Crippen molar-refractivity contribution in [3.8, 4) is 0 Å². The van der Waals surface area contributed by atoms with Gasteiger partial charge in [-0.3, -0.25) is 14.4 Å². The molecule has 0 radical (unpaired) electrons. The van der Waals surface area contributed by atoms with Crippen molar-refractivity contribution in [2.45, 2.75) is 0 Å². The minimum atomic E-state index is -0.858. The minimum Gasteiger partial charge on any atom is -0.616 e. The Morgan fingerprint density at radius 2 is 1.03 bits per heavy atom. The Kier molecular flexibility index (Phi) is 34.7. The minimum absolute atomic E-state index is 0.0873. The fourth-order valence-electron chi connectivity index (χ4n) is 1.77. The van der Waals surface area contributed by atoms with Gasteiger partial charge in [0.2, 0.25) is 0 Å². The van der Waals surface area contributed by atoms with Crippen molar-refractivity contribution in [2.24, 2.45) is 0 Å². The maximum Gasteiger partial charge on any atom is 0.199 e. The number of hydrogen-bond acceptors (Lipinski definition) is 17. The van der Waals surface area contributed by atoms with Crippen LogP contribution in [0.2, 0.25) is 0 Å². The van der Waals surface area contributed by atoms with Crippen LogP contribution in [0.1, 0.15) is 0 Å². The van der Waals surface area contributed by atoms with Crippen LogP contribution in [0.5, 0.6) is 0 Å². The third kappa shape index (κ3) is 31.8. The molecular formula is C19H34O6S12. The summed E-state index contributed by atoms with van der Waals surface area (Å²) in [6.45, 7) is 0. The first-order chi connectivity index (χ1) is 18.0. The zero-order chi connectivity index (χ0) is 27.4. The van der Waals surface area contributed by atoms with Crippen molar-refractivity contribution in [3.05, 3.63) is 0 Å². The highest BCUT2D eigenvalue weighted by atomic mass is 32.3. The number of rotatable bonds is 27. The zero-order valence-electron chi connectivity index (χ0n) is 20.2. The largest absolute Gasteiger partial charge is 0.616 e. The van der Waals surface area contributed by atoms with Gasteiger partial charge in [-0.2, -0.15) is 0 Å². The second kappa shape index (κ2) is 32.0. The maximum atomic E-state index is 12.1. The Labute approximate surface area is 271 Å². The van der Waals surface area contributed by atoms with E-state index in [0.29, 0.717) is 38.9 Å². The molecule has 0 rings (SSSR count). The second-order valence-electron chi connectivity index (χ2n) is 6.13. The van der Waals surface area contributed by atoms with E-state index in [1.165, 1.54) is 82.3 Å². The summed E-state index contributed by atoms with van der Waals surface area (Å²) in [5.41, 5.74) is 0. The standard InChI is InChI=1S/C19H34O6S12/c20-10-26-1-3-34-17(22)7-29-12-28-5-6-37(25)16-33-14-32-15-36-19(24)9-31-13-30-8-18(23)35-4-2-27-11-21/h20-21H,1-16H2. The van der Waals surface area contributed by atoms with E-state index in [1.807, 2.05) is 0 Å². The topological polar surface area (TPSA) is 115 Å². The summed E-state index contributed by atoms with van der Waals surface area (Å²) in [4.78, 5) is 35.3. The highest BCUT2D eigenvalue weighted by Crippen LogP contribution is 2.23. The molecule has 0 spiro atoms. The summed E-state index contributed by atoms with van der Waals surface area (Å²) >= 11 is 15.6. The Bertz CT molecular complexity index is 578. The molecule has 0 aliphatic heterocycles. The molecule has 2 N–H and O–H groups in total. The van der Waals surface area contributed by atoms with Crippen LogP contribution in [-0.2, 0) is 25.6 Å². The highest BCUT2D eigenvalue weighted by Gasteiger charge is 2.09. The van der Waals surface area contributed by atoms with Crippen molar-refractivity contribution in [1.29, 1.82) is 0 Å². The molecule has 218 valence electrons. The summed E-state index contributed by atoms with van der Waals surface area (Å²) in [7, 11) is 0. The monoisotopic (exact) mass is 742 g/mol. The molecular weight excluding hydrogens is 709 g/mol. The van der Waals surface area contributed by atoms with Crippen LogP contribution in [-0.4, -0.2) is 119 Å². The van der Waals surface area contributed by atoms with Gasteiger partial charge < -0.3 is 14.8 Å². The molecule has 0 heterocycles. The van der Waals surface area contributed by atoms with Crippen molar-refractivity contribution in [1.82, 2.24) is 0 Å². The van der Waals surface area contributed by atoms with Gasteiger partial charge in [0.1, 0.15) is 5.75 Å². The second-order valence-corrected chi connectivity index (χ2v) is 21.1. The fraction of sp³-hybridized carbons (Fsp3) is 0.842. The van der Waals surface area contributed by atoms with Gasteiger partial charge >= 0.3 is 0 Å². The third-order valence-corrected chi connectivity index (χ3v) is 17.6. The number of carbonyl (C=O) groups excluding carboxylic acids is 3. The van der Waals surface area contributed by atoms with Gasteiger partial charge in [0.25, 0.3) is 0 Å². The molecule has 0 aromatic heterocycles. The smallest absolute Gasteiger partial charge is 0.199 e. The van der Waals surface area contributed by atoms with E-state index in [4.69, 9.17) is 10.2 Å². The van der Waals surface area contributed by atoms with Gasteiger partial charge in [0, 0.05) is 49.1 Å². The van der Waals surface area contributed by atoms with E-state index in [-0.39, 0.29) is 27.2 Å². The molecule has 0 bridgehead atoms. The van der Waals surface area contributed by atoms with Crippen LogP contribution in [0.4, 0.5) is 0 Å². The summed E-state index contributed by atoms with van der Waals surface area (Å²) in [5.74, 6) is 6.03. The van der Waals surface area contributed by atoms with Crippen molar-refractivity contribution in [3.63, 3.8) is 0 Å². The lowest BCUT2D eigenvalue weighted by molar-refractivity contribution is -0.109. The molecule has 0 saturated heterocycles. The van der Waals surface area contributed by atoms with Crippen LogP contribution in [0.3, 0.4) is 0 Å². The number of aliphatic hydroxyl groups excluding tert-OH is 2. The molecule has 0 amide bonds. The van der Waals surface area contributed by atoms with E-state index in [0.717, 1.165) is 38.3 Å². The molecule has 0 saturated carbocycles. The number of aliphatic hydroxyl groups is 2. The normalized spacial score (nSPS) is 12.1. The number of carbonyl (C=O) groups is 3. The van der Waals surface area contributed by atoms with E-state index in [1.54, 1.807) is 47.0 Å². The molecule has 0 fully saturated rings. The average Bonchev–Trinajstić information content (AvgIpc) is 2.88. The van der Waals surface area contributed by atoms with Crippen LogP contribution >= 0.6 is 129 Å². The van der Waals surface area contributed by atoms with Crippen LogP contribution in [0, 0.1) is 0 Å². The van der Waals surface area contributed by atoms with Gasteiger partial charge in [-0.25, -0.2) is 0 Å². The van der Waals surface area contributed by atoms with Gasteiger partial charge in [0.05, 0.1) is 29.1 Å². The number of hydrogen-bond donors (Lipinski definition) is 2. The molecule has 0 aliphatic carbocycles. The Hall–Kier alpha value is 3.09. The summed E-state index contributed by atoms with van der Waals surface area (Å²) in [6, 6.07) is 0. The third-order valence-electron chi connectivity index (χ3n) is 3.30. The molecule has 6 nitrogen and oxygen atoms in total. The van der Waals surface area contributed by atoms with Gasteiger partial charge in [0.15, 0.2) is 20.4 Å². The first-order valence-corrected chi connectivity index (χ1v) is 24.3. The van der Waals surface area contributed by atoms with Crippen LogP contribution < -0.4 is 0 Å². The van der Waals surface area contributed by atoms with Crippen LogP contribution in [0.25, 0.3) is 0 Å². The molecule has 0 aliphatic rings. The first-order valence-electron chi connectivity index (χ1n) is 10.6. The van der Waals surface area contributed by atoms with Crippen molar-refractivity contribution in [2.75, 3.05) is 89.1 Å². The molecule has 0 aromatic carbocycles. The predicted octanol–water partition coefficient (Wildman–Crippen LogP) is 5.07. The summed E-state index contributed by atoms with van der Waals surface area (Å²) < 4.78 is 12.1. The van der Waals surface area contributed by atoms with E-state index < -0.39 is 11.2 Å². The zero-order valence-corrected chi connectivity index (χ0v) is 30.0. The maximum absolute atomic E-state index is 12.1. The average molecular weight is 743 g/mol. The van der Waals surface area contributed by atoms with Gasteiger partial charge in [-0.15, -0.1) is 82.3 Å². The quantitative estimate of drug-likeness (QED) is 0.0663. The summed E-state index contributed by atoms with van der Waals surface area (Å²) in [5, 5.41) is 21.5. The van der Waals surface area contributed by atoms with Gasteiger partial charge in [-0.05, 0) is 11.2 Å². The molecule has 1 atom stereocenters. The lowest BCUT2D eigenvalue weighted by Crippen LogP contribution is -2.11. The first kappa shape index (κ1) is 40.1. The fourth-order valence-corrected chi connectivity index (χ4v) is 14.3. The molecule has 0 aromatic rings. The highest BCUT2D eigenvalue weighted by molar-refractivity contribution is 8.29. The Balaban J connectivity index is 3.41. The van der Waals surface area contributed by atoms with E-state index in [9.17, 15) is 18.9 Å². The Morgan fingerprint density at radius 1 is 0.541 bits per heavy atom. The van der Waals surface area contributed by atoms with Gasteiger partial charge in [-0.1, -0.05) is 47.0 Å². The van der Waals surface area contributed by atoms with Crippen molar-refractivity contribution >= 4 is 156 Å². The molecule has 18 heteroatoms. The lowest BCUT2D eigenvalue weighted by Gasteiger charge is -2.10. The van der Waals surface area contributed by atoms with Crippen LogP contribution in [0.15, 0.2) is 0 Å². The predicted molar refractivity (Wildman–Crippen MR) is 189 cm³/mol. The van der Waals surface area contributed by atoms with E-state index >= 15 is 0 Å². The molecule has 37 heavy (non-hydrogen) atoms. The number of thioether (sulfide) groups is 11. The Morgan fingerprint density at radius 3 is 1.57 bits per heavy atom. The van der Waals surface area contributed by atoms with Crippen molar-refractivity contribution < 1.29 is 29.1 Å². The van der Waals surface area contributed by atoms with E-state index in [2.05, 4.69) is 0 Å². The molecule has 1 unspecified atom stereocenters. The summed E-state index contributed by atoms with van der Waals surface area (Å²) in [6.07, 6.45) is 0.